The Hall–Kier alpha value is -1.59. The van der Waals surface area contributed by atoms with Gasteiger partial charge in [0.2, 0.25) is 5.91 Å². The number of hydrogen-bond acceptors (Lipinski definition) is 3. The quantitative estimate of drug-likeness (QED) is 0.796. The standard InChI is InChI=1S/C15H21N3O2.ClH/c1-2-16-14(19)11-6-8-12(9-7-11)18-15(20)13-5-3-4-10-17-13;/h6-9,13,17H,2-5,10H2,1H3,(H,16,19)(H,18,20);1H/t13-;/m1./s1. The van der Waals surface area contributed by atoms with Gasteiger partial charge in [0.15, 0.2) is 0 Å². The molecule has 0 radical (unpaired) electrons. The number of nitrogens with one attached hydrogen (secondary N) is 3. The van der Waals surface area contributed by atoms with E-state index in [1.807, 2.05) is 6.92 Å². The summed E-state index contributed by atoms with van der Waals surface area (Å²) in [6.45, 7) is 3.38. The molecular formula is C15H22ClN3O2. The monoisotopic (exact) mass is 311 g/mol. The molecule has 1 aliphatic heterocycles. The molecule has 0 spiro atoms. The van der Waals surface area contributed by atoms with Crippen molar-refractivity contribution in [3.05, 3.63) is 29.8 Å². The fourth-order valence-electron chi connectivity index (χ4n) is 2.27. The third-order valence-electron chi connectivity index (χ3n) is 3.38. The molecule has 5 nitrogen and oxygen atoms in total. The van der Waals surface area contributed by atoms with Gasteiger partial charge in [0.1, 0.15) is 0 Å². The van der Waals surface area contributed by atoms with Crippen LogP contribution < -0.4 is 16.0 Å². The van der Waals surface area contributed by atoms with E-state index in [0.29, 0.717) is 12.1 Å². The van der Waals surface area contributed by atoms with Crippen molar-refractivity contribution in [1.29, 1.82) is 0 Å². The van der Waals surface area contributed by atoms with Crippen molar-refractivity contribution < 1.29 is 9.59 Å². The maximum Gasteiger partial charge on any atom is 0.251 e. The number of carbonyl (C=O) groups excluding carboxylic acids is 2. The number of piperidine rings is 1. The van der Waals surface area contributed by atoms with E-state index in [4.69, 9.17) is 0 Å². The predicted molar refractivity (Wildman–Crippen MR) is 86.0 cm³/mol. The molecule has 21 heavy (non-hydrogen) atoms. The van der Waals surface area contributed by atoms with Crippen LogP contribution in [0.25, 0.3) is 0 Å². The highest BCUT2D eigenvalue weighted by Crippen LogP contribution is 2.13. The second-order valence-electron chi connectivity index (χ2n) is 4.93. The molecule has 1 aromatic carbocycles. The smallest absolute Gasteiger partial charge is 0.251 e. The fourth-order valence-corrected chi connectivity index (χ4v) is 2.27. The molecule has 3 N–H and O–H groups in total. The highest BCUT2D eigenvalue weighted by molar-refractivity contribution is 5.97. The maximum absolute atomic E-state index is 12.0. The average molecular weight is 312 g/mol. The van der Waals surface area contributed by atoms with E-state index in [2.05, 4.69) is 16.0 Å². The highest BCUT2D eigenvalue weighted by atomic mass is 35.5. The summed E-state index contributed by atoms with van der Waals surface area (Å²) in [5.41, 5.74) is 1.32. The summed E-state index contributed by atoms with van der Waals surface area (Å²) in [5, 5.41) is 8.82. The number of anilines is 1. The molecule has 6 heteroatoms. The van der Waals surface area contributed by atoms with E-state index >= 15 is 0 Å². The third kappa shape index (κ3) is 5.02. The second kappa shape index (κ2) is 8.64. The van der Waals surface area contributed by atoms with Crippen molar-refractivity contribution in [3.8, 4) is 0 Å². The Bertz CT molecular complexity index is 470. The van der Waals surface area contributed by atoms with Crippen LogP contribution >= 0.6 is 12.4 Å². The maximum atomic E-state index is 12.0. The van der Waals surface area contributed by atoms with E-state index in [1.165, 1.54) is 0 Å². The molecule has 1 heterocycles. The summed E-state index contributed by atoms with van der Waals surface area (Å²) in [7, 11) is 0. The summed E-state index contributed by atoms with van der Waals surface area (Å²) in [5.74, 6) is -0.102. The van der Waals surface area contributed by atoms with Crippen molar-refractivity contribution in [3.63, 3.8) is 0 Å². The molecule has 2 rings (SSSR count). The predicted octanol–water partition coefficient (Wildman–Crippen LogP) is 1.94. The van der Waals surface area contributed by atoms with Crippen molar-refractivity contribution in [2.24, 2.45) is 0 Å². The van der Waals surface area contributed by atoms with Crippen molar-refractivity contribution in [2.75, 3.05) is 18.4 Å². The van der Waals surface area contributed by atoms with Gasteiger partial charge in [-0.25, -0.2) is 0 Å². The van der Waals surface area contributed by atoms with Crippen LogP contribution in [0.15, 0.2) is 24.3 Å². The first-order valence-corrected chi connectivity index (χ1v) is 7.13. The largest absolute Gasteiger partial charge is 0.352 e. The van der Waals surface area contributed by atoms with E-state index < -0.39 is 0 Å². The lowest BCUT2D eigenvalue weighted by atomic mass is 10.0. The highest BCUT2D eigenvalue weighted by Gasteiger charge is 2.20. The van der Waals surface area contributed by atoms with Gasteiger partial charge >= 0.3 is 0 Å². The van der Waals surface area contributed by atoms with Crippen LogP contribution in [0.5, 0.6) is 0 Å². The van der Waals surface area contributed by atoms with Crippen LogP contribution in [0.2, 0.25) is 0 Å². The first kappa shape index (κ1) is 17.5. The Morgan fingerprint density at radius 1 is 1.24 bits per heavy atom. The minimum absolute atomic E-state index is 0. The Morgan fingerprint density at radius 2 is 1.95 bits per heavy atom. The summed E-state index contributed by atoms with van der Waals surface area (Å²) in [6.07, 6.45) is 3.09. The van der Waals surface area contributed by atoms with Gasteiger partial charge in [0, 0.05) is 17.8 Å². The molecule has 1 atom stereocenters. The van der Waals surface area contributed by atoms with Gasteiger partial charge in [0.25, 0.3) is 5.91 Å². The van der Waals surface area contributed by atoms with E-state index in [0.717, 1.165) is 31.5 Å². The summed E-state index contributed by atoms with van der Waals surface area (Å²) in [4.78, 5) is 23.7. The minimum Gasteiger partial charge on any atom is -0.352 e. The lowest BCUT2D eigenvalue weighted by Gasteiger charge is -2.22. The first-order chi connectivity index (χ1) is 9.70. The van der Waals surface area contributed by atoms with E-state index in [9.17, 15) is 9.59 Å². The van der Waals surface area contributed by atoms with Crippen LogP contribution in [0, 0.1) is 0 Å². The summed E-state index contributed by atoms with van der Waals surface area (Å²) in [6, 6.07) is 6.84. The van der Waals surface area contributed by atoms with E-state index in [-0.39, 0.29) is 30.3 Å². The molecule has 1 aliphatic rings. The molecule has 0 saturated carbocycles. The number of benzene rings is 1. The number of rotatable bonds is 4. The Labute approximate surface area is 131 Å². The third-order valence-corrected chi connectivity index (χ3v) is 3.38. The number of carbonyl (C=O) groups is 2. The lowest BCUT2D eigenvalue weighted by molar-refractivity contribution is -0.118. The molecule has 0 aliphatic carbocycles. The van der Waals surface area contributed by atoms with Gasteiger partial charge in [0.05, 0.1) is 6.04 Å². The normalized spacial score (nSPS) is 17.5. The van der Waals surface area contributed by atoms with Crippen molar-refractivity contribution in [2.45, 2.75) is 32.2 Å². The Kier molecular flexibility index (Phi) is 7.19. The van der Waals surface area contributed by atoms with Crippen molar-refractivity contribution >= 4 is 29.9 Å². The van der Waals surface area contributed by atoms with Gasteiger partial charge in [-0.2, -0.15) is 0 Å². The first-order valence-electron chi connectivity index (χ1n) is 7.13. The van der Waals surface area contributed by atoms with Gasteiger partial charge in [-0.15, -0.1) is 12.4 Å². The molecule has 0 unspecified atom stereocenters. The Morgan fingerprint density at radius 3 is 2.52 bits per heavy atom. The van der Waals surface area contributed by atoms with Gasteiger partial charge in [-0.1, -0.05) is 6.42 Å². The second-order valence-corrected chi connectivity index (χ2v) is 4.93. The summed E-state index contributed by atoms with van der Waals surface area (Å²) >= 11 is 0. The molecule has 0 aromatic heterocycles. The minimum atomic E-state index is -0.105. The van der Waals surface area contributed by atoms with Crippen LogP contribution in [0.3, 0.4) is 0 Å². The Balaban J connectivity index is 0.00000220. The van der Waals surface area contributed by atoms with Crippen molar-refractivity contribution in [1.82, 2.24) is 10.6 Å². The average Bonchev–Trinajstić information content (AvgIpc) is 2.49. The van der Waals surface area contributed by atoms with Crippen LogP contribution in [-0.2, 0) is 4.79 Å². The number of amides is 2. The van der Waals surface area contributed by atoms with Crippen LogP contribution in [0.1, 0.15) is 36.5 Å². The molecule has 116 valence electrons. The summed E-state index contributed by atoms with van der Waals surface area (Å²) < 4.78 is 0. The fraction of sp³-hybridized carbons (Fsp3) is 0.467. The molecule has 1 aromatic rings. The number of hydrogen-bond donors (Lipinski definition) is 3. The van der Waals surface area contributed by atoms with Gasteiger partial charge in [-0.05, 0) is 50.6 Å². The molecular weight excluding hydrogens is 290 g/mol. The number of halogens is 1. The topological polar surface area (TPSA) is 70.2 Å². The molecule has 0 bridgehead atoms. The molecule has 1 fully saturated rings. The van der Waals surface area contributed by atoms with Gasteiger partial charge < -0.3 is 16.0 Å². The van der Waals surface area contributed by atoms with Crippen LogP contribution in [-0.4, -0.2) is 30.9 Å². The SMILES string of the molecule is CCNC(=O)c1ccc(NC(=O)[C@H]2CCCCN2)cc1.Cl. The van der Waals surface area contributed by atoms with E-state index in [1.54, 1.807) is 24.3 Å². The zero-order valence-corrected chi connectivity index (χ0v) is 13.0. The zero-order chi connectivity index (χ0) is 14.4. The molecule has 2 amide bonds. The van der Waals surface area contributed by atoms with Gasteiger partial charge in [-0.3, -0.25) is 9.59 Å². The lowest BCUT2D eigenvalue weighted by Crippen LogP contribution is -2.43. The molecule has 1 saturated heterocycles. The van der Waals surface area contributed by atoms with Crippen LogP contribution in [0.4, 0.5) is 5.69 Å². The zero-order valence-electron chi connectivity index (χ0n) is 12.1.